The van der Waals surface area contributed by atoms with Crippen LogP contribution in [0.1, 0.15) is 59.6 Å². The minimum Gasteiger partial charge on any atom is -0.351 e. The second kappa shape index (κ2) is 7.35. The van der Waals surface area contributed by atoms with Crippen LogP contribution in [0.3, 0.4) is 0 Å². The van der Waals surface area contributed by atoms with E-state index >= 15 is 0 Å². The Bertz CT molecular complexity index is 890. The second-order valence-corrected chi connectivity index (χ2v) is 7.88. The smallest absolute Gasteiger partial charge is 0.259 e. The van der Waals surface area contributed by atoms with Crippen LogP contribution in [0.5, 0.6) is 0 Å². The number of carbonyl (C=O) groups is 2. The summed E-state index contributed by atoms with van der Waals surface area (Å²) >= 11 is 6.20. The Labute approximate surface area is 164 Å². The zero-order chi connectivity index (χ0) is 19.0. The van der Waals surface area contributed by atoms with E-state index in [1.54, 1.807) is 23.1 Å². The van der Waals surface area contributed by atoms with Gasteiger partial charge in [0.15, 0.2) is 0 Å². The van der Waals surface area contributed by atoms with Crippen LogP contribution in [0, 0.1) is 6.92 Å². The average molecular weight is 383 g/mol. The van der Waals surface area contributed by atoms with Crippen molar-refractivity contribution in [3.63, 3.8) is 0 Å². The normalized spacial score (nSPS) is 19.9. The number of halogens is 1. The lowest BCUT2D eigenvalue weighted by Gasteiger charge is -2.29. The highest BCUT2D eigenvalue weighted by Crippen LogP contribution is 2.40. The molecule has 2 aromatic carbocycles. The van der Waals surface area contributed by atoms with Crippen molar-refractivity contribution in [3.05, 3.63) is 64.2 Å². The molecule has 0 spiro atoms. The van der Waals surface area contributed by atoms with Gasteiger partial charge in [0.25, 0.3) is 5.91 Å². The minimum atomic E-state index is -0.659. The largest absolute Gasteiger partial charge is 0.351 e. The maximum absolute atomic E-state index is 13.3. The van der Waals surface area contributed by atoms with Gasteiger partial charge in [-0.1, -0.05) is 55.1 Å². The Morgan fingerprint density at radius 3 is 2.63 bits per heavy atom. The summed E-state index contributed by atoms with van der Waals surface area (Å²) in [5, 5.41) is 3.74. The Morgan fingerprint density at radius 2 is 1.85 bits per heavy atom. The van der Waals surface area contributed by atoms with Crippen molar-refractivity contribution in [2.45, 2.75) is 51.1 Å². The van der Waals surface area contributed by atoms with E-state index in [0.29, 0.717) is 16.3 Å². The van der Waals surface area contributed by atoms with Gasteiger partial charge in [-0.05, 0) is 49.1 Å². The molecule has 5 heteroatoms. The molecular formula is C22H23ClN2O2. The van der Waals surface area contributed by atoms with Gasteiger partial charge in [-0.15, -0.1) is 0 Å². The third kappa shape index (κ3) is 3.34. The van der Waals surface area contributed by atoms with E-state index in [1.165, 1.54) is 6.42 Å². The molecule has 2 aliphatic rings. The third-order valence-electron chi connectivity index (χ3n) is 5.59. The standard InChI is InChI=1S/C22H23ClN2O2/c1-14-11-12-15(23)13-19(14)25-20(17-9-5-6-10-18(17)22(25)27)21(26)24-16-7-3-2-4-8-16/h5-6,9-13,16,20H,2-4,7-8H2,1H3,(H,24,26). The van der Waals surface area contributed by atoms with E-state index in [1.807, 2.05) is 31.2 Å². The van der Waals surface area contributed by atoms with Crippen LogP contribution in [0.25, 0.3) is 0 Å². The molecule has 1 aliphatic heterocycles. The zero-order valence-corrected chi connectivity index (χ0v) is 16.1. The zero-order valence-electron chi connectivity index (χ0n) is 15.4. The molecule has 2 aromatic rings. The van der Waals surface area contributed by atoms with Crippen LogP contribution >= 0.6 is 11.6 Å². The van der Waals surface area contributed by atoms with E-state index in [-0.39, 0.29) is 17.9 Å². The lowest BCUT2D eigenvalue weighted by Crippen LogP contribution is -2.44. The fourth-order valence-corrected chi connectivity index (χ4v) is 4.36. The molecule has 1 atom stereocenters. The molecule has 4 nitrogen and oxygen atoms in total. The molecule has 0 saturated heterocycles. The average Bonchev–Trinajstić information content (AvgIpc) is 2.97. The Balaban J connectivity index is 1.73. The summed E-state index contributed by atoms with van der Waals surface area (Å²) in [5.74, 6) is -0.265. The van der Waals surface area contributed by atoms with Gasteiger partial charge in [-0.2, -0.15) is 0 Å². The predicted octanol–water partition coefficient (Wildman–Crippen LogP) is 4.80. The van der Waals surface area contributed by atoms with Crippen molar-refractivity contribution in [1.82, 2.24) is 5.32 Å². The fourth-order valence-electron chi connectivity index (χ4n) is 4.19. The number of anilines is 1. The number of carbonyl (C=O) groups excluding carboxylic acids is 2. The summed E-state index contributed by atoms with van der Waals surface area (Å²) in [7, 11) is 0. The second-order valence-electron chi connectivity index (χ2n) is 7.44. The fraction of sp³-hybridized carbons (Fsp3) is 0.364. The van der Waals surface area contributed by atoms with Crippen LogP contribution in [-0.2, 0) is 4.79 Å². The molecule has 0 bridgehead atoms. The van der Waals surface area contributed by atoms with Crippen LogP contribution < -0.4 is 10.2 Å². The maximum Gasteiger partial charge on any atom is 0.259 e. The number of nitrogens with one attached hydrogen (secondary N) is 1. The van der Waals surface area contributed by atoms with Crippen molar-refractivity contribution in [3.8, 4) is 0 Å². The Morgan fingerprint density at radius 1 is 1.11 bits per heavy atom. The van der Waals surface area contributed by atoms with E-state index < -0.39 is 6.04 Å². The van der Waals surface area contributed by atoms with Gasteiger partial charge in [0.2, 0.25) is 5.91 Å². The molecule has 4 rings (SSSR count). The molecule has 27 heavy (non-hydrogen) atoms. The Kier molecular flexibility index (Phi) is 4.92. The van der Waals surface area contributed by atoms with Crippen molar-refractivity contribution in [1.29, 1.82) is 0 Å². The monoisotopic (exact) mass is 382 g/mol. The van der Waals surface area contributed by atoms with Gasteiger partial charge >= 0.3 is 0 Å². The summed E-state index contributed by atoms with van der Waals surface area (Å²) in [4.78, 5) is 28.0. The molecule has 0 radical (unpaired) electrons. The molecule has 2 amide bonds. The minimum absolute atomic E-state index is 0.112. The number of nitrogens with zero attached hydrogens (tertiary/aromatic N) is 1. The van der Waals surface area contributed by atoms with E-state index in [0.717, 1.165) is 36.8 Å². The molecule has 1 saturated carbocycles. The van der Waals surface area contributed by atoms with Gasteiger partial charge < -0.3 is 5.32 Å². The first-order valence-corrected chi connectivity index (χ1v) is 9.93. The van der Waals surface area contributed by atoms with E-state index in [2.05, 4.69) is 5.32 Å². The number of fused-ring (bicyclic) bond motifs is 1. The van der Waals surface area contributed by atoms with Crippen LogP contribution in [0.4, 0.5) is 5.69 Å². The first kappa shape index (κ1) is 18.1. The SMILES string of the molecule is Cc1ccc(Cl)cc1N1C(=O)c2ccccc2C1C(=O)NC1CCCCC1. The summed E-state index contributed by atoms with van der Waals surface area (Å²) in [5.41, 5.74) is 2.94. The van der Waals surface area contributed by atoms with Crippen LogP contribution in [0.2, 0.25) is 5.02 Å². The number of rotatable bonds is 3. The molecule has 1 heterocycles. The van der Waals surface area contributed by atoms with Gasteiger partial charge in [-0.25, -0.2) is 0 Å². The molecule has 1 N–H and O–H groups in total. The van der Waals surface area contributed by atoms with E-state index in [9.17, 15) is 9.59 Å². The lowest BCUT2D eigenvalue weighted by atomic mass is 9.95. The lowest BCUT2D eigenvalue weighted by molar-refractivity contribution is -0.123. The van der Waals surface area contributed by atoms with Crippen molar-refractivity contribution in [2.75, 3.05) is 4.90 Å². The van der Waals surface area contributed by atoms with Crippen LogP contribution in [0.15, 0.2) is 42.5 Å². The third-order valence-corrected chi connectivity index (χ3v) is 5.83. The van der Waals surface area contributed by atoms with Crippen molar-refractivity contribution >= 4 is 29.1 Å². The summed E-state index contributed by atoms with van der Waals surface area (Å²) in [6, 6.07) is 12.3. The highest BCUT2D eigenvalue weighted by atomic mass is 35.5. The molecule has 140 valence electrons. The van der Waals surface area contributed by atoms with Gasteiger partial charge in [-0.3, -0.25) is 14.5 Å². The van der Waals surface area contributed by atoms with Gasteiger partial charge in [0.1, 0.15) is 6.04 Å². The Hall–Kier alpha value is -2.33. The van der Waals surface area contributed by atoms with Crippen molar-refractivity contribution < 1.29 is 9.59 Å². The summed E-state index contributed by atoms with van der Waals surface area (Å²) in [6.07, 6.45) is 5.52. The highest BCUT2D eigenvalue weighted by molar-refractivity contribution is 6.31. The van der Waals surface area contributed by atoms with Gasteiger partial charge in [0.05, 0.1) is 0 Å². The molecular weight excluding hydrogens is 360 g/mol. The number of amides is 2. The number of hydrogen-bond donors (Lipinski definition) is 1. The molecule has 0 aromatic heterocycles. The molecule has 1 aliphatic carbocycles. The first-order valence-electron chi connectivity index (χ1n) is 9.55. The topological polar surface area (TPSA) is 49.4 Å². The molecule has 1 fully saturated rings. The van der Waals surface area contributed by atoms with Gasteiger partial charge in [0, 0.05) is 22.3 Å². The van der Waals surface area contributed by atoms with Crippen molar-refractivity contribution in [2.24, 2.45) is 0 Å². The quantitative estimate of drug-likeness (QED) is 0.828. The van der Waals surface area contributed by atoms with Crippen LogP contribution in [-0.4, -0.2) is 17.9 Å². The highest BCUT2D eigenvalue weighted by Gasteiger charge is 2.42. The molecule has 1 unspecified atom stereocenters. The summed E-state index contributed by atoms with van der Waals surface area (Å²) < 4.78 is 0. The summed E-state index contributed by atoms with van der Waals surface area (Å²) in [6.45, 7) is 1.93. The number of benzene rings is 2. The van der Waals surface area contributed by atoms with E-state index in [4.69, 9.17) is 11.6 Å². The first-order chi connectivity index (χ1) is 13.1. The number of aryl methyl sites for hydroxylation is 1. The maximum atomic E-state index is 13.3. The number of hydrogen-bond acceptors (Lipinski definition) is 2. The predicted molar refractivity (Wildman–Crippen MR) is 107 cm³/mol.